The number of rotatable bonds is 1. The van der Waals surface area contributed by atoms with Crippen molar-refractivity contribution in [2.75, 3.05) is 5.73 Å². The molecule has 0 aliphatic heterocycles. The summed E-state index contributed by atoms with van der Waals surface area (Å²) in [5.74, 6) is -2.68. The maximum absolute atomic E-state index is 13.0. The van der Waals surface area contributed by atoms with E-state index in [0.29, 0.717) is 5.82 Å². The standard InChI is InChI=1S/C10H15F2N3/c1-9(2,3)8-14-5-6(7(13)15-8)10(4,11)12/h5H,1-4H3,(H2,13,14,15). The Balaban J connectivity index is 3.21. The van der Waals surface area contributed by atoms with Crippen LogP contribution in [-0.2, 0) is 11.3 Å². The topological polar surface area (TPSA) is 51.8 Å². The molecular weight excluding hydrogens is 200 g/mol. The lowest BCUT2D eigenvalue weighted by molar-refractivity contribution is 0.0175. The smallest absolute Gasteiger partial charge is 0.275 e. The third-order valence-corrected chi connectivity index (χ3v) is 1.96. The summed E-state index contributed by atoms with van der Waals surface area (Å²) in [5, 5.41) is 0. The summed E-state index contributed by atoms with van der Waals surface area (Å²) in [5.41, 5.74) is 4.85. The Hall–Kier alpha value is -1.26. The van der Waals surface area contributed by atoms with Gasteiger partial charge in [0, 0.05) is 18.5 Å². The van der Waals surface area contributed by atoms with Gasteiger partial charge >= 0.3 is 0 Å². The summed E-state index contributed by atoms with van der Waals surface area (Å²) < 4.78 is 26.0. The van der Waals surface area contributed by atoms with Gasteiger partial charge in [0.05, 0.1) is 5.56 Å². The number of aromatic nitrogens is 2. The monoisotopic (exact) mass is 215 g/mol. The molecule has 0 fully saturated rings. The number of nitrogen functional groups attached to an aromatic ring is 1. The van der Waals surface area contributed by atoms with Crippen molar-refractivity contribution in [2.24, 2.45) is 0 Å². The molecule has 0 saturated heterocycles. The summed E-state index contributed by atoms with van der Waals surface area (Å²) in [6.07, 6.45) is 1.10. The van der Waals surface area contributed by atoms with E-state index in [1.807, 2.05) is 20.8 Å². The molecule has 1 aromatic heterocycles. The molecule has 84 valence electrons. The lowest BCUT2D eigenvalue weighted by Gasteiger charge is -2.19. The van der Waals surface area contributed by atoms with Gasteiger partial charge in [0.25, 0.3) is 5.92 Å². The summed E-state index contributed by atoms with van der Waals surface area (Å²) >= 11 is 0. The average Bonchev–Trinajstić information content (AvgIpc) is 1.99. The van der Waals surface area contributed by atoms with Gasteiger partial charge in [-0.05, 0) is 0 Å². The van der Waals surface area contributed by atoms with Crippen molar-refractivity contribution >= 4 is 5.82 Å². The van der Waals surface area contributed by atoms with Crippen LogP contribution in [0.3, 0.4) is 0 Å². The molecule has 0 aromatic carbocycles. The van der Waals surface area contributed by atoms with E-state index in [-0.39, 0.29) is 16.8 Å². The van der Waals surface area contributed by atoms with Gasteiger partial charge in [-0.3, -0.25) is 0 Å². The highest BCUT2D eigenvalue weighted by Gasteiger charge is 2.29. The molecule has 0 spiro atoms. The molecule has 0 amide bonds. The predicted octanol–water partition coefficient (Wildman–Crippen LogP) is 2.47. The van der Waals surface area contributed by atoms with Crippen LogP contribution in [0.5, 0.6) is 0 Å². The van der Waals surface area contributed by atoms with E-state index in [9.17, 15) is 8.78 Å². The van der Waals surface area contributed by atoms with E-state index >= 15 is 0 Å². The molecule has 2 N–H and O–H groups in total. The van der Waals surface area contributed by atoms with Crippen LogP contribution in [0.2, 0.25) is 0 Å². The second-order valence-corrected chi connectivity index (χ2v) is 4.63. The zero-order valence-electron chi connectivity index (χ0n) is 9.31. The maximum atomic E-state index is 13.0. The minimum atomic E-state index is -3.00. The molecular formula is C10H15F2N3. The molecule has 0 bridgehead atoms. The van der Waals surface area contributed by atoms with Crippen LogP contribution in [0.1, 0.15) is 39.1 Å². The van der Waals surface area contributed by atoms with Gasteiger partial charge in [-0.1, -0.05) is 20.8 Å². The number of alkyl halides is 2. The lowest BCUT2D eigenvalue weighted by atomic mass is 9.95. The molecule has 0 aliphatic rings. The highest BCUT2D eigenvalue weighted by molar-refractivity contribution is 5.41. The lowest BCUT2D eigenvalue weighted by Crippen LogP contribution is -2.20. The van der Waals surface area contributed by atoms with Crippen LogP contribution in [-0.4, -0.2) is 9.97 Å². The van der Waals surface area contributed by atoms with Gasteiger partial charge in [-0.25, -0.2) is 18.7 Å². The van der Waals surface area contributed by atoms with Crippen molar-refractivity contribution in [3.8, 4) is 0 Å². The number of hydrogen-bond donors (Lipinski definition) is 1. The first-order chi connectivity index (χ1) is 6.62. The normalized spacial score (nSPS) is 12.9. The molecule has 0 saturated carbocycles. The Labute approximate surface area is 87.7 Å². The van der Waals surface area contributed by atoms with Crippen molar-refractivity contribution in [1.29, 1.82) is 0 Å². The van der Waals surface area contributed by atoms with E-state index < -0.39 is 5.92 Å². The van der Waals surface area contributed by atoms with Crippen LogP contribution in [0.4, 0.5) is 14.6 Å². The maximum Gasteiger partial charge on any atom is 0.275 e. The Morgan fingerprint density at radius 3 is 2.07 bits per heavy atom. The first-order valence-corrected chi connectivity index (χ1v) is 4.63. The van der Waals surface area contributed by atoms with E-state index in [0.717, 1.165) is 13.1 Å². The minimum Gasteiger partial charge on any atom is -0.383 e. The number of hydrogen-bond acceptors (Lipinski definition) is 3. The zero-order chi connectivity index (χ0) is 11.9. The Bertz CT molecular complexity index is 364. The molecule has 0 unspecified atom stereocenters. The molecule has 1 aromatic rings. The van der Waals surface area contributed by atoms with Crippen LogP contribution >= 0.6 is 0 Å². The molecule has 3 nitrogen and oxygen atoms in total. The second kappa shape index (κ2) is 3.40. The van der Waals surface area contributed by atoms with E-state index in [4.69, 9.17) is 5.73 Å². The highest BCUT2D eigenvalue weighted by atomic mass is 19.3. The average molecular weight is 215 g/mol. The third-order valence-electron chi connectivity index (χ3n) is 1.96. The van der Waals surface area contributed by atoms with Crippen LogP contribution in [0.15, 0.2) is 6.20 Å². The predicted molar refractivity (Wildman–Crippen MR) is 54.7 cm³/mol. The van der Waals surface area contributed by atoms with Gasteiger partial charge in [-0.15, -0.1) is 0 Å². The fourth-order valence-corrected chi connectivity index (χ4v) is 1.09. The Morgan fingerprint density at radius 2 is 1.73 bits per heavy atom. The van der Waals surface area contributed by atoms with Crippen molar-refractivity contribution in [1.82, 2.24) is 9.97 Å². The van der Waals surface area contributed by atoms with Crippen molar-refractivity contribution in [3.05, 3.63) is 17.6 Å². The van der Waals surface area contributed by atoms with E-state index in [1.165, 1.54) is 0 Å². The molecule has 1 rings (SSSR count). The van der Waals surface area contributed by atoms with Gasteiger partial charge in [-0.2, -0.15) is 0 Å². The summed E-state index contributed by atoms with van der Waals surface area (Å²) in [6, 6.07) is 0. The Morgan fingerprint density at radius 1 is 1.20 bits per heavy atom. The van der Waals surface area contributed by atoms with Gasteiger partial charge in [0.2, 0.25) is 0 Å². The first kappa shape index (κ1) is 11.8. The highest BCUT2D eigenvalue weighted by Crippen LogP contribution is 2.31. The van der Waals surface area contributed by atoms with Crippen LogP contribution in [0, 0.1) is 0 Å². The van der Waals surface area contributed by atoms with Crippen molar-refractivity contribution < 1.29 is 8.78 Å². The van der Waals surface area contributed by atoms with Crippen LogP contribution < -0.4 is 5.73 Å². The van der Waals surface area contributed by atoms with Gasteiger partial charge in [0.15, 0.2) is 0 Å². The quantitative estimate of drug-likeness (QED) is 0.782. The molecule has 5 heteroatoms. The largest absolute Gasteiger partial charge is 0.383 e. The van der Waals surface area contributed by atoms with E-state index in [1.54, 1.807) is 0 Å². The Kier molecular flexibility index (Phi) is 2.67. The number of anilines is 1. The third kappa shape index (κ3) is 2.61. The number of nitrogens with two attached hydrogens (primary N) is 1. The van der Waals surface area contributed by atoms with Crippen molar-refractivity contribution in [3.63, 3.8) is 0 Å². The van der Waals surface area contributed by atoms with Gasteiger partial charge in [0.1, 0.15) is 11.6 Å². The molecule has 0 radical (unpaired) electrons. The number of nitrogens with zero attached hydrogens (tertiary/aromatic N) is 2. The molecule has 15 heavy (non-hydrogen) atoms. The van der Waals surface area contributed by atoms with Crippen molar-refractivity contribution in [2.45, 2.75) is 39.0 Å². The minimum absolute atomic E-state index is 0.151. The molecule has 0 atom stereocenters. The second-order valence-electron chi connectivity index (χ2n) is 4.63. The fourth-order valence-electron chi connectivity index (χ4n) is 1.09. The summed E-state index contributed by atoms with van der Waals surface area (Å²) in [6.45, 7) is 6.46. The summed E-state index contributed by atoms with van der Waals surface area (Å²) in [4.78, 5) is 7.80. The molecule has 0 aliphatic carbocycles. The molecule has 1 heterocycles. The summed E-state index contributed by atoms with van der Waals surface area (Å²) in [7, 11) is 0. The fraction of sp³-hybridized carbons (Fsp3) is 0.600. The first-order valence-electron chi connectivity index (χ1n) is 4.63. The van der Waals surface area contributed by atoms with E-state index in [2.05, 4.69) is 9.97 Å². The SMILES string of the molecule is CC(C)(C)c1ncc(C(C)(F)F)c(N)n1. The zero-order valence-corrected chi connectivity index (χ0v) is 9.31. The van der Waals surface area contributed by atoms with Crippen LogP contribution in [0.25, 0.3) is 0 Å². The van der Waals surface area contributed by atoms with Gasteiger partial charge < -0.3 is 5.73 Å². The number of halogens is 2.